The smallest absolute Gasteiger partial charge is 0.335 e. The normalized spacial score (nSPS) is 29.6. The van der Waals surface area contributed by atoms with Crippen LogP contribution in [0.5, 0.6) is 0 Å². The van der Waals surface area contributed by atoms with E-state index in [2.05, 4.69) is 10.0 Å². The Kier molecular flexibility index (Phi) is 2.95. The molecule has 0 bridgehead atoms. The molecule has 0 aromatic carbocycles. The van der Waals surface area contributed by atoms with E-state index in [4.69, 9.17) is 20.1 Å². The first-order chi connectivity index (χ1) is 6.46. The second-order valence-electron chi connectivity index (χ2n) is 3.35. The number of azide groups is 1. The van der Waals surface area contributed by atoms with Gasteiger partial charge in [-0.15, -0.1) is 0 Å². The van der Waals surface area contributed by atoms with Gasteiger partial charge in [-0.05, 0) is 19.4 Å². The molecule has 0 spiro atoms. The predicted molar refractivity (Wildman–Crippen MR) is 45.5 cm³/mol. The molecule has 1 aliphatic rings. The molecule has 0 aromatic heterocycles. The lowest BCUT2D eigenvalue weighted by Crippen LogP contribution is -2.33. The number of carboxylic acid groups (broad SMARTS) is 1. The van der Waals surface area contributed by atoms with Gasteiger partial charge in [0.05, 0.1) is 6.54 Å². The Morgan fingerprint density at radius 1 is 1.64 bits per heavy atom. The number of ether oxygens (including phenoxy) is 2. The third kappa shape index (κ3) is 2.35. The Bertz CT molecular complexity index is 285. The van der Waals surface area contributed by atoms with Crippen molar-refractivity contribution in [2.24, 2.45) is 5.11 Å². The average Bonchev–Trinajstić information content (AvgIpc) is 2.38. The van der Waals surface area contributed by atoms with Crippen molar-refractivity contribution in [1.82, 2.24) is 0 Å². The van der Waals surface area contributed by atoms with Gasteiger partial charge in [0.1, 0.15) is 6.10 Å². The topological polar surface area (TPSA) is 105 Å². The molecule has 7 nitrogen and oxygen atoms in total. The average molecular weight is 201 g/mol. The van der Waals surface area contributed by atoms with E-state index in [0.29, 0.717) is 0 Å². The first-order valence-electron chi connectivity index (χ1n) is 4.05. The summed E-state index contributed by atoms with van der Waals surface area (Å²) in [7, 11) is 0. The molecule has 1 saturated heterocycles. The molecular formula is C7H11N3O4. The molecule has 2 atom stereocenters. The second kappa shape index (κ2) is 3.83. The van der Waals surface area contributed by atoms with Crippen LogP contribution >= 0.6 is 0 Å². The van der Waals surface area contributed by atoms with Gasteiger partial charge in [0.2, 0.25) is 0 Å². The highest BCUT2D eigenvalue weighted by Gasteiger charge is 2.44. The summed E-state index contributed by atoms with van der Waals surface area (Å²) in [5.74, 6) is -2.06. The Balaban J connectivity index is 2.72. The van der Waals surface area contributed by atoms with Crippen molar-refractivity contribution >= 4 is 5.97 Å². The highest BCUT2D eigenvalue weighted by molar-refractivity contribution is 5.73. The third-order valence-electron chi connectivity index (χ3n) is 1.75. The summed E-state index contributed by atoms with van der Waals surface area (Å²) in [6.45, 7) is 3.18. The summed E-state index contributed by atoms with van der Waals surface area (Å²) >= 11 is 0. The fraction of sp³-hybridized carbons (Fsp3) is 0.857. The van der Waals surface area contributed by atoms with Crippen molar-refractivity contribution in [3.63, 3.8) is 0 Å². The molecule has 7 heteroatoms. The maximum atomic E-state index is 10.7. The van der Waals surface area contributed by atoms with Crippen molar-refractivity contribution in [2.45, 2.75) is 31.8 Å². The first kappa shape index (κ1) is 10.8. The Morgan fingerprint density at radius 3 is 2.79 bits per heavy atom. The van der Waals surface area contributed by atoms with Crippen LogP contribution in [0.25, 0.3) is 10.4 Å². The number of aliphatic carboxylic acids is 1. The summed E-state index contributed by atoms with van der Waals surface area (Å²) in [4.78, 5) is 13.3. The number of rotatable bonds is 3. The lowest BCUT2D eigenvalue weighted by molar-refractivity contribution is -0.165. The fourth-order valence-electron chi connectivity index (χ4n) is 1.30. The van der Waals surface area contributed by atoms with E-state index < -0.39 is 24.0 Å². The number of hydrogen-bond acceptors (Lipinski definition) is 4. The lowest BCUT2D eigenvalue weighted by Gasteiger charge is -2.15. The minimum absolute atomic E-state index is 0.0447. The summed E-state index contributed by atoms with van der Waals surface area (Å²) in [5.41, 5.74) is 8.10. The van der Waals surface area contributed by atoms with E-state index in [1.165, 1.54) is 0 Å². The molecular weight excluding hydrogens is 190 g/mol. The Labute approximate surface area is 80.2 Å². The van der Waals surface area contributed by atoms with Crippen molar-refractivity contribution in [3.05, 3.63) is 10.4 Å². The van der Waals surface area contributed by atoms with Gasteiger partial charge in [-0.25, -0.2) is 4.79 Å². The summed E-state index contributed by atoms with van der Waals surface area (Å²) in [6, 6.07) is 0. The Hall–Kier alpha value is -1.30. The standard InChI is InChI=1S/C7H11N3O4/c1-7(2)13-4(3-9-10-8)5(14-7)6(11)12/h4-5H,3H2,1-2H3,(H,11,12)/t4-,5-/m0/s1. The molecule has 14 heavy (non-hydrogen) atoms. The summed E-state index contributed by atoms with van der Waals surface area (Å²) in [6.07, 6.45) is -1.80. The minimum atomic E-state index is -1.12. The van der Waals surface area contributed by atoms with Gasteiger partial charge in [-0.1, -0.05) is 5.11 Å². The molecule has 1 fully saturated rings. The number of nitrogens with zero attached hydrogens (tertiary/aromatic N) is 3. The zero-order chi connectivity index (χ0) is 10.8. The second-order valence-corrected chi connectivity index (χ2v) is 3.35. The van der Waals surface area contributed by atoms with E-state index >= 15 is 0 Å². The lowest BCUT2D eigenvalue weighted by atomic mass is 10.2. The van der Waals surface area contributed by atoms with E-state index in [-0.39, 0.29) is 6.54 Å². The van der Waals surface area contributed by atoms with Crippen LogP contribution in [0.4, 0.5) is 0 Å². The fourth-order valence-corrected chi connectivity index (χ4v) is 1.30. The van der Waals surface area contributed by atoms with Crippen molar-refractivity contribution in [2.75, 3.05) is 6.54 Å². The van der Waals surface area contributed by atoms with Crippen LogP contribution in [0, 0.1) is 0 Å². The molecule has 1 aliphatic heterocycles. The predicted octanol–water partition coefficient (Wildman–Crippen LogP) is 0.901. The Morgan fingerprint density at radius 2 is 2.29 bits per heavy atom. The monoisotopic (exact) mass is 201 g/mol. The van der Waals surface area contributed by atoms with Crippen molar-refractivity contribution in [3.8, 4) is 0 Å². The summed E-state index contributed by atoms with van der Waals surface area (Å²) < 4.78 is 10.4. The van der Waals surface area contributed by atoms with E-state index in [9.17, 15) is 4.79 Å². The minimum Gasteiger partial charge on any atom is -0.479 e. The van der Waals surface area contributed by atoms with Crippen LogP contribution < -0.4 is 0 Å². The zero-order valence-electron chi connectivity index (χ0n) is 7.88. The molecule has 1 N–H and O–H groups in total. The zero-order valence-corrected chi connectivity index (χ0v) is 7.88. The van der Waals surface area contributed by atoms with Crippen LogP contribution in [0.1, 0.15) is 13.8 Å². The van der Waals surface area contributed by atoms with Crippen LogP contribution in [-0.2, 0) is 14.3 Å². The van der Waals surface area contributed by atoms with Gasteiger partial charge >= 0.3 is 5.97 Å². The van der Waals surface area contributed by atoms with Crippen LogP contribution in [-0.4, -0.2) is 35.6 Å². The molecule has 0 unspecified atom stereocenters. The van der Waals surface area contributed by atoms with Gasteiger partial charge in [0, 0.05) is 4.91 Å². The SMILES string of the molecule is CC1(C)O[C@@H](CN=[N+]=[N-])[C@@H](C(=O)O)O1. The molecule has 0 amide bonds. The van der Waals surface area contributed by atoms with E-state index in [1.807, 2.05) is 0 Å². The highest BCUT2D eigenvalue weighted by atomic mass is 16.8. The van der Waals surface area contributed by atoms with Gasteiger partial charge in [0.25, 0.3) is 0 Å². The molecule has 0 saturated carbocycles. The molecule has 78 valence electrons. The van der Waals surface area contributed by atoms with E-state index in [1.54, 1.807) is 13.8 Å². The maximum Gasteiger partial charge on any atom is 0.335 e. The quantitative estimate of drug-likeness (QED) is 0.416. The largest absolute Gasteiger partial charge is 0.479 e. The number of hydrogen-bond donors (Lipinski definition) is 1. The number of carboxylic acids is 1. The summed E-state index contributed by atoms with van der Waals surface area (Å²) in [5, 5.41) is 12.0. The van der Waals surface area contributed by atoms with Gasteiger partial charge < -0.3 is 14.6 Å². The molecule has 0 aromatic rings. The third-order valence-corrected chi connectivity index (χ3v) is 1.75. The van der Waals surface area contributed by atoms with Crippen LogP contribution in [0.2, 0.25) is 0 Å². The number of carbonyl (C=O) groups is 1. The highest BCUT2D eigenvalue weighted by Crippen LogP contribution is 2.28. The molecule has 0 aliphatic carbocycles. The van der Waals surface area contributed by atoms with Gasteiger partial charge in [-0.3, -0.25) is 0 Å². The van der Waals surface area contributed by atoms with Gasteiger partial charge in [0.15, 0.2) is 11.9 Å². The first-order valence-corrected chi connectivity index (χ1v) is 4.05. The van der Waals surface area contributed by atoms with Crippen LogP contribution in [0.15, 0.2) is 5.11 Å². The molecule has 1 rings (SSSR count). The van der Waals surface area contributed by atoms with Gasteiger partial charge in [-0.2, -0.15) is 0 Å². The van der Waals surface area contributed by atoms with Crippen molar-refractivity contribution in [1.29, 1.82) is 0 Å². The maximum absolute atomic E-state index is 10.7. The molecule has 1 heterocycles. The van der Waals surface area contributed by atoms with Crippen LogP contribution in [0.3, 0.4) is 0 Å². The van der Waals surface area contributed by atoms with E-state index in [0.717, 1.165) is 0 Å². The molecule has 0 radical (unpaired) electrons. The van der Waals surface area contributed by atoms with Crippen molar-refractivity contribution < 1.29 is 19.4 Å².